The molecule has 0 spiro atoms. The fourth-order valence-corrected chi connectivity index (χ4v) is 3.22. The van der Waals surface area contributed by atoms with E-state index in [2.05, 4.69) is 25.1 Å². The van der Waals surface area contributed by atoms with Crippen LogP contribution in [0.4, 0.5) is 0 Å². The summed E-state index contributed by atoms with van der Waals surface area (Å²) in [6.07, 6.45) is 0.853. The van der Waals surface area contributed by atoms with Crippen molar-refractivity contribution in [1.82, 2.24) is 30.0 Å². The Morgan fingerprint density at radius 2 is 2.00 bits per heavy atom. The Morgan fingerprint density at radius 3 is 2.72 bits per heavy atom. The molecule has 0 aliphatic carbocycles. The number of para-hydroxylation sites is 2. The third-order valence-electron chi connectivity index (χ3n) is 4.70. The highest BCUT2D eigenvalue weighted by atomic mass is 16.2. The first kappa shape index (κ1) is 15.8. The van der Waals surface area contributed by atoms with E-state index in [0.29, 0.717) is 18.8 Å². The van der Waals surface area contributed by atoms with E-state index in [-0.39, 0.29) is 5.91 Å². The van der Waals surface area contributed by atoms with Gasteiger partial charge in [-0.05, 0) is 24.6 Å². The van der Waals surface area contributed by atoms with E-state index >= 15 is 0 Å². The van der Waals surface area contributed by atoms with Crippen molar-refractivity contribution in [3.8, 4) is 0 Å². The van der Waals surface area contributed by atoms with Crippen LogP contribution in [0, 0.1) is 0 Å². The quantitative estimate of drug-likeness (QED) is 0.760. The van der Waals surface area contributed by atoms with Crippen molar-refractivity contribution < 1.29 is 4.79 Å². The monoisotopic (exact) mass is 338 g/mol. The third kappa shape index (κ3) is 3.28. The minimum Gasteiger partial charge on any atom is -0.341 e. The first-order chi connectivity index (χ1) is 12.2. The highest BCUT2D eigenvalue weighted by Gasteiger charge is 2.24. The summed E-state index contributed by atoms with van der Waals surface area (Å²) in [5.74, 6) is 0.986. The minimum atomic E-state index is 0.0133. The lowest BCUT2D eigenvalue weighted by molar-refractivity contribution is 0.0620. The number of hydrogen-bond acceptors (Lipinski definition) is 4. The van der Waals surface area contributed by atoms with Gasteiger partial charge in [-0.1, -0.05) is 19.1 Å². The third-order valence-corrected chi connectivity index (χ3v) is 4.70. The van der Waals surface area contributed by atoms with Crippen LogP contribution in [0.1, 0.15) is 28.9 Å². The van der Waals surface area contributed by atoms with E-state index in [1.165, 1.54) is 0 Å². The Balaban J connectivity index is 1.35. The molecule has 4 rings (SSSR count). The van der Waals surface area contributed by atoms with Crippen molar-refractivity contribution in [3.63, 3.8) is 0 Å². The molecule has 0 unspecified atom stereocenters. The van der Waals surface area contributed by atoms with Crippen LogP contribution in [-0.4, -0.2) is 62.1 Å². The predicted molar refractivity (Wildman–Crippen MR) is 95.2 cm³/mol. The molecule has 1 amide bonds. The van der Waals surface area contributed by atoms with Crippen molar-refractivity contribution >= 4 is 16.9 Å². The zero-order chi connectivity index (χ0) is 17.2. The molecule has 3 heterocycles. The maximum atomic E-state index is 12.5. The smallest absolute Gasteiger partial charge is 0.274 e. The molecule has 3 aromatic rings. The Hall–Kier alpha value is -2.67. The molecule has 0 radical (unpaired) electrons. The average molecular weight is 338 g/mol. The van der Waals surface area contributed by atoms with Gasteiger partial charge >= 0.3 is 0 Å². The van der Waals surface area contributed by atoms with Crippen LogP contribution in [0.3, 0.4) is 0 Å². The van der Waals surface area contributed by atoms with Crippen LogP contribution in [0.25, 0.3) is 11.0 Å². The van der Waals surface area contributed by atoms with Gasteiger partial charge in [0.05, 0.1) is 17.6 Å². The highest BCUT2D eigenvalue weighted by Crippen LogP contribution is 2.14. The number of benzene rings is 1. The molecule has 2 aromatic heterocycles. The number of carbonyl (C=O) groups is 1. The number of carbonyl (C=O) groups excluding carboxylic acids is 1. The summed E-state index contributed by atoms with van der Waals surface area (Å²) in [5.41, 5.74) is 3.57. The molecule has 25 heavy (non-hydrogen) atoms. The van der Waals surface area contributed by atoms with Gasteiger partial charge in [0.1, 0.15) is 11.5 Å². The minimum absolute atomic E-state index is 0.0133. The number of rotatable bonds is 4. The lowest BCUT2D eigenvalue weighted by Crippen LogP contribution is -2.48. The van der Waals surface area contributed by atoms with E-state index in [1.54, 1.807) is 0 Å². The van der Waals surface area contributed by atoms with E-state index in [4.69, 9.17) is 0 Å². The summed E-state index contributed by atoms with van der Waals surface area (Å²) in [4.78, 5) is 24.7. The van der Waals surface area contributed by atoms with Crippen molar-refractivity contribution in [2.45, 2.75) is 19.9 Å². The standard InChI is InChI=1S/C18H22N6O/c1-2-13-11-16(22-21-13)18(25)24-9-7-23(8-10-24)12-17-19-14-5-3-4-6-15(14)20-17/h3-6,11H,2,7-10,12H2,1H3,(H,19,20)(H,21,22). The molecular formula is C18H22N6O. The van der Waals surface area contributed by atoms with E-state index < -0.39 is 0 Å². The molecule has 0 bridgehead atoms. The second-order valence-electron chi connectivity index (χ2n) is 6.40. The largest absolute Gasteiger partial charge is 0.341 e. The Kier molecular flexibility index (Phi) is 4.23. The highest BCUT2D eigenvalue weighted by molar-refractivity contribution is 5.92. The Bertz CT molecular complexity index is 841. The van der Waals surface area contributed by atoms with Crippen molar-refractivity contribution in [3.05, 3.63) is 47.5 Å². The van der Waals surface area contributed by atoms with Crippen molar-refractivity contribution in [1.29, 1.82) is 0 Å². The molecule has 7 heteroatoms. The number of hydrogen-bond donors (Lipinski definition) is 2. The van der Waals surface area contributed by atoms with Gasteiger partial charge < -0.3 is 9.88 Å². The number of H-pyrrole nitrogens is 2. The summed E-state index contributed by atoms with van der Waals surface area (Å²) < 4.78 is 0. The molecule has 1 fully saturated rings. The lowest BCUT2D eigenvalue weighted by atomic mass is 10.2. The lowest BCUT2D eigenvalue weighted by Gasteiger charge is -2.33. The molecule has 2 N–H and O–H groups in total. The molecule has 1 aliphatic rings. The van der Waals surface area contributed by atoms with Crippen LogP contribution in [0.2, 0.25) is 0 Å². The fraction of sp³-hybridized carbons (Fsp3) is 0.389. The summed E-state index contributed by atoms with van der Waals surface area (Å²) in [6.45, 7) is 5.93. The zero-order valence-corrected chi connectivity index (χ0v) is 14.3. The van der Waals surface area contributed by atoms with Crippen LogP contribution in [-0.2, 0) is 13.0 Å². The fourth-order valence-electron chi connectivity index (χ4n) is 3.22. The summed E-state index contributed by atoms with van der Waals surface area (Å²) >= 11 is 0. The van der Waals surface area contributed by atoms with Crippen molar-refractivity contribution in [2.75, 3.05) is 26.2 Å². The van der Waals surface area contributed by atoms with Gasteiger partial charge in [0, 0.05) is 31.9 Å². The summed E-state index contributed by atoms with van der Waals surface area (Å²) in [6, 6.07) is 9.91. The number of nitrogens with one attached hydrogen (secondary N) is 2. The zero-order valence-electron chi connectivity index (χ0n) is 14.3. The molecule has 0 saturated carbocycles. The van der Waals surface area contributed by atoms with Gasteiger partial charge in [-0.15, -0.1) is 0 Å². The topological polar surface area (TPSA) is 80.9 Å². The van der Waals surface area contributed by atoms with Gasteiger partial charge in [-0.2, -0.15) is 5.10 Å². The molecule has 1 aromatic carbocycles. The normalized spacial score (nSPS) is 15.8. The first-order valence-corrected chi connectivity index (χ1v) is 8.72. The number of aryl methyl sites for hydroxylation is 1. The molecule has 7 nitrogen and oxygen atoms in total. The summed E-state index contributed by atoms with van der Waals surface area (Å²) in [5, 5.41) is 7.04. The maximum absolute atomic E-state index is 12.5. The van der Waals surface area contributed by atoms with Gasteiger partial charge in [0.25, 0.3) is 5.91 Å². The number of nitrogens with zero attached hydrogens (tertiary/aromatic N) is 4. The molecule has 130 valence electrons. The first-order valence-electron chi connectivity index (χ1n) is 8.72. The number of amides is 1. The van der Waals surface area contributed by atoms with Crippen molar-refractivity contribution in [2.24, 2.45) is 0 Å². The predicted octanol–water partition coefficient (Wildman–Crippen LogP) is 1.81. The summed E-state index contributed by atoms with van der Waals surface area (Å²) in [7, 11) is 0. The van der Waals surface area contributed by atoms with Gasteiger partial charge in [0.15, 0.2) is 0 Å². The number of imidazole rings is 1. The van der Waals surface area contributed by atoms with Crippen LogP contribution in [0.15, 0.2) is 30.3 Å². The molecule has 1 saturated heterocycles. The van der Waals surface area contributed by atoms with E-state index in [1.807, 2.05) is 42.2 Å². The maximum Gasteiger partial charge on any atom is 0.274 e. The SMILES string of the molecule is CCc1cc(C(=O)N2CCN(Cc3nc4ccccc4[nH]3)CC2)n[nH]1. The molecule has 1 aliphatic heterocycles. The number of piperazine rings is 1. The molecular weight excluding hydrogens is 316 g/mol. The average Bonchev–Trinajstić information content (AvgIpc) is 3.28. The Labute approximate surface area is 146 Å². The second kappa shape index (κ2) is 6.68. The van der Waals surface area contributed by atoms with E-state index in [9.17, 15) is 4.79 Å². The second-order valence-corrected chi connectivity index (χ2v) is 6.40. The van der Waals surface area contributed by atoms with E-state index in [0.717, 1.165) is 48.6 Å². The number of aromatic amines is 2. The van der Waals surface area contributed by atoms with Crippen LogP contribution >= 0.6 is 0 Å². The van der Waals surface area contributed by atoms with Gasteiger partial charge in [-0.3, -0.25) is 14.8 Å². The van der Waals surface area contributed by atoms with Crippen LogP contribution in [0.5, 0.6) is 0 Å². The number of aromatic nitrogens is 4. The van der Waals surface area contributed by atoms with Gasteiger partial charge in [-0.25, -0.2) is 4.98 Å². The van der Waals surface area contributed by atoms with Crippen LogP contribution < -0.4 is 0 Å². The number of fused-ring (bicyclic) bond motifs is 1. The molecule has 0 atom stereocenters. The van der Waals surface area contributed by atoms with Gasteiger partial charge in [0.2, 0.25) is 0 Å². The Morgan fingerprint density at radius 1 is 1.20 bits per heavy atom.